The highest BCUT2D eigenvalue weighted by Crippen LogP contribution is 2.27. The quantitative estimate of drug-likeness (QED) is 0.816. The molecule has 4 heteroatoms. The van der Waals surface area contributed by atoms with Crippen LogP contribution in [0.1, 0.15) is 24.1 Å². The minimum absolute atomic E-state index is 0.102. The number of nitrogens with one attached hydrogen (secondary N) is 1. The topological polar surface area (TPSA) is 12.0 Å². The summed E-state index contributed by atoms with van der Waals surface area (Å²) >= 11 is 3.15. The van der Waals surface area contributed by atoms with Crippen LogP contribution in [0.4, 0.5) is 14.5 Å². The number of benzene rings is 2. The first-order valence-corrected chi connectivity index (χ1v) is 6.74. The monoisotopic (exact) mass is 325 g/mol. The molecule has 0 spiro atoms. The molecule has 0 saturated carbocycles. The first kappa shape index (κ1) is 14.0. The highest BCUT2D eigenvalue weighted by Gasteiger charge is 2.10. The minimum Gasteiger partial charge on any atom is -0.378 e. The summed E-state index contributed by atoms with van der Waals surface area (Å²) in [4.78, 5) is 0. The van der Waals surface area contributed by atoms with Gasteiger partial charge in [0.05, 0.1) is 4.47 Å². The average molecular weight is 326 g/mol. The molecule has 0 bridgehead atoms. The lowest BCUT2D eigenvalue weighted by molar-refractivity contribution is 0.619. The molecule has 0 radical (unpaired) electrons. The van der Waals surface area contributed by atoms with Crippen molar-refractivity contribution in [2.24, 2.45) is 0 Å². The number of anilines is 1. The van der Waals surface area contributed by atoms with Crippen molar-refractivity contribution in [1.29, 1.82) is 0 Å². The molecule has 1 nitrogen and oxygen atoms in total. The van der Waals surface area contributed by atoms with Crippen LogP contribution in [0.2, 0.25) is 0 Å². The second-order valence-electron chi connectivity index (χ2n) is 4.50. The van der Waals surface area contributed by atoms with E-state index in [1.807, 2.05) is 19.9 Å². The third kappa shape index (κ3) is 3.32. The van der Waals surface area contributed by atoms with Gasteiger partial charge < -0.3 is 5.32 Å². The van der Waals surface area contributed by atoms with E-state index in [0.29, 0.717) is 10.2 Å². The number of hydrogen-bond donors (Lipinski definition) is 1. The second kappa shape index (κ2) is 5.70. The Hall–Kier alpha value is -1.42. The number of aryl methyl sites for hydroxylation is 1. The van der Waals surface area contributed by atoms with Gasteiger partial charge in [0, 0.05) is 11.7 Å². The molecule has 0 saturated heterocycles. The first-order chi connectivity index (χ1) is 8.97. The minimum atomic E-state index is -0.320. The van der Waals surface area contributed by atoms with Crippen LogP contribution in [0.5, 0.6) is 0 Å². The number of hydrogen-bond acceptors (Lipinski definition) is 1. The molecule has 100 valence electrons. The summed E-state index contributed by atoms with van der Waals surface area (Å²) in [6.45, 7) is 3.80. The van der Waals surface area contributed by atoms with Crippen molar-refractivity contribution in [3.8, 4) is 0 Å². The Bertz CT molecular complexity index is 599. The summed E-state index contributed by atoms with van der Waals surface area (Å²) in [5.74, 6) is -0.593. The number of rotatable bonds is 3. The molecule has 0 heterocycles. The lowest BCUT2D eigenvalue weighted by Crippen LogP contribution is -2.08. The molecular weight excluding hydrogens is 312 g/mol. The van der Waals surface area contributed by atoms with Gasteiger partial charge in [0.2, 0.25) is 0 Å². The van der Waals surface area contributed by atoms with Crippen molar-refractivity contribution in [3.05, 3.63) is 63.6 Å². The summed E-state index contributed by atoms with van der Waals surface area (Å²) in [6.07, 6.45) is 0. The fourth-order valence-electron chi connectivity index (χ4n) is 1.89. The highest BCUT2D eigenvalue weighted by molar-refractivity contribution is 9.10. The van der Waals surface area contributed by atoms with Gasteiger partial charge in [0.1, 0.15) is 11.6 Å². The summed E-state index contributed by atoms with van der Waals surface area (Å²) in [7, 11) is 0. The van der Waals surface area contributed by atoms with Gasteiger partial charge in [-0.15, -0.1) is 0 Å². The summed E-state index contributed by atoms with van der Waals surface area (Å²) in [5.41, 5.74) is 2.46. The Morgan fingerprint density at radius 1 is 1.16 bits per heavy atom. The maximum Gasteiger partial charge on any atom is 0.139 e. The van der Waals surface area contributed by atoms with Crippen LogP contribution < -0.4 is 5.32 Å². The van der Waals surface area contributed by atoms with Crippen molar-refractivity contribution in [2.75, 3.05) is 5.32 Å². The second-order valence-corrected chi connectivity index (χ2v) is 5.36. The molecule has 0 fully saturated rings. The van der Waals surface area contributed by atoms with Crippen molar-refractivity contribution < 1.29 is 8.78 Å². The highest BCUT2D eigenvalue weighted by atomic mass is 79.9. The zero-order valence-electron chi connectivity index (χ0n) is 10.7. The van der Waals surface area contributed by atoms with Gasteiger partial charge in [-0.05, 0) is 65.2 Å². The van der Waals surface area contributed by atoms with Crippen LogP contribution in [-0.4, -0.2) is 0 Å². The molecule has 0 aromatic heterocycles. The van der Waals surface area contributed by atoms with Crippen LogP contribution in [0.15, 0.2) is 40.9 Å². The molecule has 1 unspecified atom stereocenters. The molecule has 19 heavy (non-hydrogen) atoms. The molecule has 2 aromatic rings. The van der Waals surface area contributed by atoms with Crippen LogP contribution in [0.3, 0.4) is 0 Å². The summed E-state index contributed by atoms with van der Waals surface area (Å²) < 4.78 is 27.1. The van der Waals surface area contributed by atoms with Gasteiger partial charge in [-0.3, -0.25) is 0 Å². The van der Waals surface area contributed by atoms with Crippen molar-refractivity contribution in [3.63, 3.8) is 0 Å². The smallest absolute Gasteiger partial charge is 0.139 e. The standard InChI is InChI=1S/C15H14BrF2N/c1-9-6-13(16)14(18)8-15(9)19-10(2)11-4-3-5-12(17)7-11/h3-8,10,19H,1-2H3. The van der Waals surface area contributed by atoms with Gasteiger partial charge >= 0.3 is 0 Å². The molecule has 0 aliphatic rings. The van der Waals surface area contributed by atoms with E-state index < -0.39 is 0 Å². The van der Waals surface area contributed by atoms with Crippen molar-refractivity contribution in [1.82, 2.24) is 0 Å². The Labute approximate surface area is 119 Å². The van der Waals surface area contributed by atoms with Crippen LogP contribution >= 0.6 is 15.9 Å². The van der Waals surface area contributed by atoms with Crippen LogP contribution in [-0.2, 0) is 0 Å². The van der Waals surface area contributed by atoms with E-state index in [9.17, 15) is 8.78 Å². The molecule has 2 rings (SSSR count). The van der Waals surface area contributed by atoms with Gasteiger partial charge in [-0.2, -0.15) is 0 Å². The molecule has 2 aromatic carbocycles. The maximum absolute atomic E-state index is 13.5. The van der Waals surface area contributed by atoms with Gasteiger partial charge in [-0.25, -0.2) is 8.78 Å². The van der Waals surface area contributed by atoms with E-state index >= 15 is 0 Å². The predicted molar refractivity (Wildman–Crippen MR) is 77.3 cm³/mol. The van der Waals surface area contributed by atoms with Crippen LogP contribution in [0.25, 0.3) is 0 Å². The normalized spacial score (nSPS) is 12.3. The lowest BCUT2D eigenvalue weighted by Gasteiger charge is -2.18. The zero-order valence-corrected chi connectivity index (χ0v) is 12.3. The van der Waals surface area contributed by atoms with E-state index in [1.165, 1.54) is 18.2 Å². The molecular formula is C15H14BrF2N. The Kier molecular flexibility index (Phi) is 4.20. The third-order valence-electron chi connectivity index (χ3n) is 2.99. The van der Waals surface area contributed by atoms with Gasteiger partial charge in [0.15, 0.2) is 0 Å². The first-order valence-electron chi connectivity index (χ1n) is 5.95. The van der Waals surface area contributed by atoms with Crippen LogP contribution in [0, 0.1) is 18.6 Å². The zero-order chi connectivity index (χ0) is 14.0. The van der Waals surface area contributed by atoms with Crippen molar-refractivity contribution in [2.45, 2.75) is 19.9 Å². The van der Waals surface area contributed by atoms with E-state index in [4.69, 9.17) is 0 Å². The largest absolute Gasteiger partial charge is 0.378 e. The Morgan fingerprint density at radius 2 is 1.89 bits per heavy atom. The fraction of sp³-hybridized carbons (Fsp3) is 0.200. The lowest BCUT2D eigenvalue weighted by atomic mass is 10.1. The molecule has 0 aliphatic carbocycles. The van der Waals surface area contributed by atoms with E-state index in [-0.39, 0.29) is 17.7 Å². The van der Waals surface area contributed by atoms with E-state index in [0.717, 1.165) is 11.1 Å². The SMILES string of the molecule is Cc1cc(Br)c(F)cc1NC(C)c1cccc(F)c1. The molecule has 1 atom stereocenters. The Balaban J connectivity index is 2.24. The van der Waals surface area contributed by atoms with E-state index in [2.05, 4.69) is 21.2 Å². The third-order valence-corrected chi connectivity index (χ3v) is 3.60. The van der Waals surface area contributed by atoms with E-state index in [1.54, 1.807) is 12.1 Å². The maximum atomic E-state index is 13.5. The molecule has 0 amide bonds. The van der Waals surface area contributed by atoms with Gasteiger partial charge in [-0.1, -0.05) is 12.1 Å². The molecule has 1 N–H and O–H groups in total. The van der Waals surface area contributed by atoms with Gasteiger partial charge in [0.25, 0.3) is 0 Å². The fourth-order valence-corrected chi connectivity index (χ4v) is 2.35. The summed E-state index contributed by atoms with van der Waals surface area (Å²) in [5, 5.41) is 3.19. The summed E-state index contributed by atoms with van der Waals surface area (Å²) in [6, 6.07) is 9.44. The predicted octanol–water partition coefficient (Wildman–Crippen LogP) is 5.21. The molecule has 0 aliphatic heterocycles. The Morgan fingerprint density at radius 3 is 2.58 bits per heavy atom. The number of halogens is 3. The van der Waals surface area contributed by atoms with Crippen molar-refractivity contribution >= 4 is 21.6 Å². The average Bonchev–Trinajstić information content (AvgIpc) is 2.36.